The molecule has 1 amide bonds. The van der Waals surface area contributed by atoms with Crippen molar-refractivity contribution in [3.8, 4) is 0 Å². The number of hydrogen-bond donors (Lipinski definition) is 1. The van der Waals surface area contributed by atoms with Crippen LogP contribution in [-0.2, 0) is 14.8 Å². The molecule has 0 aliphatic carbocycles. The van der Waals surface area contributed by atoms with E-state index in [2.05, 4.69) is 0 Å². The summed E-state index contributed by atoms with van der Waals surface area (Å²) in [6.45, 7) is 0.644. The molecule has 0 unspecified atom stereocenters. The Morgan fingerprint density at radius 1 is 1.30 bits per heavy atom. The van der Waals surface area contributed by atoms with Crippen molar-refractivity contribution >= 4 is 33.2 Å². The summed E-state index contributed by atoms with van der Waals surface area (Å²) in [7, 11) is -2.16. The Balaban J connectivity index is 2.39. The van der Waals surface area contributed by atoms with Crippen molar-refractivity contribution in [3.63, 3.8) is 0 Å². The normalized spacial score (nSPS) is 18.1. The van der Waals surface area contributed by atoms with Crippen molar-refractivity contribution < 1.29 is 13.2 Å². The predicted molar refractivity (Wildman–Crippen MR) is 76.9 cm³/mol. The van der Waals surface area contributed by atoms with Gasteiger partial charge in [0.1, 0.15) is 4.90 Å². The topological polar surface area (TPSA) is 83.7 Å². The highest BCUT2D eigenvalue weighted by Crippen LogP contribution is 2.26. The van der Waals surface area contributed by atoms with Gasteiger partial charge in [0.15, 0.2) is 0 Å². The maximum absolute atomic E-state index is 12.6. The summed E-state index contributed by atoms with van der Waals surface area (Å²) in [5.41, 5.74) is 5.85. The van der Waals surface area contributed by atoms with Gasteiger partial charge in [-0.3, -0.25) is 4.79 Å². The van der Waals surface area contributed by atoms with Gasteiger partial charge >= 0.3 is 0 Å². The minimum Gasteiger partial charge on any atom is -0.398 e. The quantitative estimate of drug-likeness (QED) is 0.817. The molecule has 6 nitrogen and oxygen atoms in total. The monoisotopic (exact) mass is 317 g/mol. The maximum Gasteiger partial charge on any atom is 0.245 e. The summed E-state index contributed by atoms with van der Waals surface area (Å²) in [6, 6.07) is 4.28. The van der Waals surface area contributed by atoms with E-state index in [-0.39, 0.29) is 34.6 Å². The first-order valence-corrected chi connectivity index (χ1v) is 7.93. The van der Waals surface area contributed by atoms with E-state index in [9.17, 15) is 13.2 Å². The smallest absolute Gasteiger partial charge is 0.245 e. The number of carbonyl (C=O) groups is 1. The van der Waals surface area contributed by atoms with Crippen molar-refractivity contribution in [2.24, 2.45) is 0 Å². The number of amides is 1. The molecule has 0 atom stereocenters. The Kier molecular flexibility index (Phi) is 4.22. The SMILES string of the molecule is CN1CCCN(S(=O)(=O)c2cc(Cl)ccc2N)CC1=O. The van der Waals surface area contributed by atoms with E-state index in [0.717, 1.165) is 4.31 Å². The van der Waals surface area contributed by atoms with Crippen LogP contribution in [0.15, 0.2) is 23.1 Å². The standard InChI is InChI=1S/C12H16ClN3O3S/c1-15-5-2-6-16(8-12(15)17)20(18,19)11-7-9(13)3-4-10(11)14/h3-4,7H,2,5-6,8,14H2,1H3. The lowest BCUT2D eigenvalue weighted by molar-refractivity contribution is -0.129. The summed E-state index contributed by atoms with van der Waals surface area (Å²) in [4.78, 5) is 13.3. The van der Waals surface area contributed by atoms with Crippen molar-refractivity contribution in [1.82, 2.24) is 9.21 Å². The lowest BCUT2D eigenvalue weighted by atomic mass is 10.3. The molecule has 8 heteroatoms. The van der Waals surface area contributed by atoms with Crippen molar-refractivity contribution in [2.45, 2.75) is 11.3 Å². The zero-order chi connectivity index (χ0) is 14.9. The van der Waals surface area contributed by atoms with Crippen molar-refractivity contribution in [2.75, 3.05) is 32.4 Å². The number of nitrogen functional groups attached to an aromatic ring is 1. The van der Waals surface area contributed by atoms with E-state index in [1.807, 2.05) is 0 Å². The molecule has 1 saturated heterocycles. The molecule has 20 heavy (non-hydrogen) atoms. The van der Waals surface area contributed by atoms with Crippen LogP contribution >= 0.6 is 11.6 Å². The molecular weight excluding hydrogens is 302 g/mol. The summed E-state index contributed by atoms with van der Waals surface area (Å²) >= 11 is 5.83. The molecule has 0 saturated carbocycles. The number of nitrogens with zero attached hydrogens (tertiary/aromatic N) is 2. The Bertz CT molecular complexity index is 633. The fourth-order valence-corrected chi connectivity index (χ4v) is 3.84. The van der Waals surface area contributed by atoms with Crippen LogP contribution in [0.3, 0.4) is 0 Å². The number of nitrogens with two attached hydrogens (primary N) is 1. The van der Waals surface area contributed by atoms with Gasteiger partial charge in [0, 0.05) is 25.2 Å². The van der Waals surface area contributed by atoms with Crippen LogP contribution in [-0.4, -0.2) is 50.2 Å². The van der Waals surface area contributed by atoms with Gasteiger partial charge in [-0.1, -0.05) is 11.6 Å². The van der Waals surface area contributed by atoms with Gasteiger partial charge in [-0.25, -0.2) is 8.42 Å². The summed E-state index contributed by atoms with van der Waals surface area (Å²) in [5.74, 6) is -0.230. The number of rotatable bonds is 2. The second kappa shape index (κ2) is 5.59. The van der Waals surface area contributed by atoms with Crippen LogP contribution in [0.4, 0.5) is 5.69 Å². The average molecular weight is 318 g/mol. The van der Waals surface area contributed by atoms with Crippen LogP contribution in [0.25, 0.3) is 0 Å². The molecule has 1 fully saturated rings. The van der Waals surface area contributed by atoms with Crippen LogP contribution in [0.2, 0.25) is 5.02 Å². The van der Waals surface area contributed by atoms with Gasteiger partial charge in [0.25, 0.3) is 0 Å². The molecule has 0 radical (unpaired) electrons. The predicted octanol–water partition coefficient (Wildman–Crippen LogP) is 0.775. The Labute approximate surface area is 123 Å². The first kappa shape index (κ1) is 15.1. The lowest BCUT2D eigenvalue weighted by Crippen LogP contribution is -2.38. The van der Waals surface area contributed by atoms with E-state index < -0.39 is 10.0 Å². The molecule has 1 heterocycles. The van der Waals surface area contributed by atoms with Crippen molar-refractivity contribution in [3.05, 3.63) is 23.2 Å². The third-order valence-corrected chi connectivity index (χ3v) is 5.37. The number of halogens is 1. The first-order chi connectivity index (χ1) is 9.32. The lowest BCUT2D eigenvalue weighted by Gasteiger charge is -2.20. The molecule has 2 N–H and O–H groups in total. The number of carbonyl (C=O) groups excluding carboxylic acids is 1. The van der Waals surface area contributed by atoms with E-state index in [0.29, 0.717) is 13.0 Å². The Morgan fingerprint density at radius 2 is 2.00 bits per heavy atom. The number of hydrogen-bond acceptors (Lipinski definition) is 4. The van der Waals surface area contributed by atoms with E-state index >= 15 is 0 Å². The fraction of sp³-hybridized carbons (Fsp3) is 0.417. The second-order valence-corrected chi connectivity index (χ2v) is 7.03. The van der Waals surface area contributed by atoms with Crippen LogP contribution in [0, 0.1) is 0 Å². The van der Waals surface area contributed by atoms with Crippen LogP contribution in [0.1, 0.15) is 6.42 Å². The van der Waals surface area contributed by atoms with E-state index in [4.69, 9.17) is 17.3 Å². The fourth-order valence-electron chi connectivity index (χ4n) is 2.04. The van der Waals surface area contributed by atoms with Gasteiger partial charge in [-0.15, -0.1) is 0 Å². The molecule has 1 aromatic rings. The van der Waals surface area contributed by atoms with Crippen molar-refractivity contribution in [1.29, 1.82) is 0 Å². The van der Waals surface area contributed by atoms with Crippen LogP contribution in [0.5, 0.6) is 0 Å². The first-order valence-electron chi connectivity index (χ1n) is 6.11. The molecule has 1 aliphatic heterocycles. The van der Waals surface area contributed by atoms with Gasteiger partial charge in [0.05, 0.1) is 12.2 Å². The van der Waals surface area contributed by atoms with Gasteiger partial charge < -0.3 is 10.6 Å². The molecule has 0 bridgehead atoms. The number of benzene rings is 1. The van der Waals surface area contributed by atoms with E-state index in [1.165, 1.54) is 23.1 Å². The largest absolute Gasteiger partial charge is 0.398 e. The third-order valence-electron chi connectivity index (χ3n) is 3.23. The molecule has 1 aliphatic rings. The third kappa shape index (κ3) is 2.89. The van der Waals surface area contributed by atoms with Gasteiger partial charge in [-0.05, 0) is 24.6 Å². The molecule has 0 spiro atoms. The minimum absolute atomic E-state index is 0.0534. The number of anilines is 1. The minimum atomic E-state index is -3.82. The van der Waals surface area contributed by atoms with Crippen LogP contribution < -0.4 is 5.73 Å². The molecule has 2 rings (SSSR count). The maximum atomic E-state index is 12.6. The molecule has 110 valence electrons. The number of likely N-dealkylation sites (N-methyl/N-ethyl adjacent to an activating group) is 1. The molecule has 0 aromatic heterocycles. The highest BCUT2D eigenvalue weighted by Gasteiger charge is 2.31. The summed E-state index contributed by atoms with van der Waals surface area (Å²) < 4.78 is 26.3. The molecule has 1 aromatic carbocycles. The van der Waals surface area contributed by atoms with E-state index in [1.54, 1.807) is 7.05 Å². The number of sulfonamides is 1. The highest BCUT2D eigenvalue weighted by atomic mass is 35.5. The summed E-state index contributed by atoms with van der Waals surface area (Å²) in [6.07, 6.45) is 0.585. The Morgan fingerprint density at radius 3 is 2.70 bits per heavy atom. The van der Waals surface area contributed by atoms with Gasteiger partial charge in [-0.2, -0.15) is 4.31 Å². The van der Waals surface area contributed by atoms with Gasteiger partial charge in [0.2, 0.25) is 15.9 Å². The summed E-state index contributed by atoms with van der Waals surface area (Å²) in [5, 5.41) is 0.288. The second-order valence-electron chi connectivity index (χ2n) is 4.69. The Hall–Kier alpha value is -1.31. The zero-order valence-electron chi connectivity index (χ0n) is 11.0. The average Bonchev–Trinajstić information content (AvgIpc) is 2.55. The highest BCUT2D eigenvalue weighted by molar-refractivity contribution is 7.89. The molecular formula is C12H16ClN3O3S. The zero-order valence-corrected chi connectivity index (χ0v) is 12.6.